The molecule has 2 N–H and O–H groups in total. The zero-order chi connectivity index (χ0) is 15.3. The molecule has 0 radical (unpaired) electrons. The van der Waals surface area contributed by atoms with Gasteiger partial charge >= 0.3 is 21.7 Å². The third-order valence-corrected chi connectivity index (χ3v) is 3.71. The summed E-state index contributed by atoms with van der Waals surface area (Å²) < 4.78 is 0. The van der Waals surface area contributed by atoms with Gasteiger partial charge in [0.1, 0.15) is 0 Å². The Morgan fingerprint density at radius 3 is 0.870 bits per heavy atom. The van der Waals surface area contributed by atoms with Crippen LogP contribution in [0.25, 0.3) is 0 Å². The quantitative estimate of drug-likeness (QED) is 0.181. The van der Waals surface area contributed by atoms with Gasteiger partial charge in [-0.25, -0.2) is 0 Å². The van der Waals surface area contributed by atoms with Crippen LogP contribution in [0, 0.1) is 13.8 Å². The van der Waals surface area contributed by atoms with Crippen molar-refractivity contribution >= 4 is 0 Å². The topological polar surface area (TPSA) is 60.0 Å². The first-order valence-electron chi connectivity index (χ1n) is 9.41. The summed E-state index contributed by atoms with van der Waals surface area (Å²) in [6.45, 7) is 12.2. The molecule has 0 heterocycles. The molecule has 3 heteroatoms. The Morgan fingerprint density at radius 2 is 0.652 bits per heavy atom. The molecule has 0 aliphatic carbocycles. The molecule has 0 rings (SSSR count). The summed E-state index contributed by atoms with van der Waals surface area (Å²) >= 11 is 0. The second-order valence-corrected chi connectivity index (χ2v) is 5.95. The SMILES string of the molecule is [CH2-]CCCCCCCCC.[CH2-]CCCCCCCCC.[OH-].[OH-].[Ti+4]. The van der Waals surface area contributed by atoms with Gasteiger partial charge in [-0.1, -0.05) is 104 Å². The minimum atomic E-state index is 0. The van der Waals surface area contributed by atoms with Crippen LogP contribution in [0.1, 0.15) is 117 Å². The smallest absolute Gasteiger partial charge is 0.870 e. The van der Waals surface area contributed by atoms with Crippen LogP contribution in [-0.2, 0) is 21.7 Å². The van der Waals surface area contributed by atoms with Gasteiger partial charge in [-0.15, -0.1) is 0 Å². The first-order chi connectivity index (χ1) is 9.83. The zero-order valence-electron chi connectivity index (χ0n) is 16.1. The predicted octanol–water partition coefficient (Wildman–Crippen LogP) is 7.57. The van der Waals surface area contributed by atoms with Gasteiger partial charge in [-0.05, 0) is 0 Å². The van der Waals surface area contributed by atoms with Crippen LogP contribution >= 0.6 is 0 Å². The number of hydrogen-bond donors (Lipinski definition) is 0. The van der Waals surface area contributed by atoms with Crippen LogP contribution in [0.4, 0.5) is 0 Å². The van der Waals surface area contributed by atoms with Crippen LogP contribution in [0.5, 0.6) is 0 Å². The van der Waals surface area contributed by atoms with E-state index in [1.54, 1.807) is 0 Å². The molecule has 0 atom stereocenters. The molecule has 0 amide bonds. The fourth-order valence-electron chi connectivity index (χ4n) is 2.27. The van der Waals surface area contributed by atoms with Crippen molar-refractivity contribution < 1.29 is 32.7 Å². The molecule has 0 unspecified atom stereocenters. The first-order valence-corrected chi connectivity index (χ1v) is 9.41. The predicted molar refractivity (Wildman–Crippen MR) is 99.8 cm³/mol. The molecule has 0 aliphatic heterocycles. The summed E-state index contributed by atoms with van der Waals surface area (Å²) in [4.78, 5) is 0. The molecule has 0 saturated carbocycles. The number of rotatable bonds is 14. The number of unbranched alkanes of at least 4 members (excludes halogenated alkanes) is 14. The van der Waals surface area contributed by atoms with Gasteiger partial charge in [-0.3, -0.25) is 0 Å². The van der Waals surface area contributed by atoms with Crippen molar-refractivity contribution in [2.75, 3.05) is 0 Å². The number of hydrogen-bond acceptors (Lipinski definition) is 2. The van der Waals surface area contributed by atoms with E-state index in [0.717, 1.165) is 12.8 Å². The van der Waals surface area contributed by atoms with Crippen LogP contribution in [0.3, 0.4) is 0 Å². The molecule has 0 saturated heterocycles. The minimum absolute atomic E-state index is 0. The van der Waals surface area contributed by atoms with Gasteiger partial charge in [0.05, 0.1) is 0 Å². The maximum Gasteiger partial charge on any atom is 4.00 e. The van der Waals surface area contributed by atoms with Crippen molar-refractivity contribution in [1.82, 2.24) is 0 Å². The van der Waals surface area contributed by atoms with E-state index in [0.29, 0.717) is 0 Å². The Hall–Kier alpha value is 0.634. The van der Waals surface area contributed by atoms with Crippen LogP contribution in [0.15, 0.2) is 0 Å². The third kappa shape index (κ3) is 45.0. The maximum atomic E-state index is 3.82. The van der Waals surface area contributed by atoms with Crippen molar-refractivity contribution in [2.24, 2.45) is 0 Å². The van der Waals surface area contributed by atoms with E-state index in [4.69, 9.17) is 0 Å². The fourth-order valence-corrected chi connectivity index (χ4v) is 2.27. The van der Waals surface area contributed by atoms with Gasteiger partial charge in [0, 0.05) is 0 Å². The molecule has 0 aromatic heterocycles. The van der Waals surface area contributed by atoms with Crippen molar-refractivity contribution in [3.63, 3.8) is 0 Å². The van der Waals surface area contributed by atoms with Gasteiger partial charge in [-0.2, -0.15) is 12.8 Å². The average molecular weight is 364 g/mol. The Kier molecular flexibility index (Phi) is 58.0. The summed E-state index contributed by atoms with van der Waals surface area (Å²) in [6, 6.07) is 0. The third-order valence-electron chi connectivity index (χ3n) is 3.71. The Labute approximate surface area is 163 Å². The molecular weight excluding hydrogens is 320 g/mol. The Balaban J connectivity index is -0.0000000831. The summed E-state index contributed by atoms with van der Waals surface area (Å²) in [5.74, 6) is 0. The van der Waals surface area contributed by atoms with Crippen molar-refractivity contribution in [2.45, 2.75) is 117 Å². The standard InChI is InChI=1S/2C10H21.2H2O.Ti/c2*1-3-5-7-9-10-8-6-4-2;;;/h2*1,3-10H2,2H3;2*1H2;/q2*-1;;;+4/p-2. The monoisotopic (exact) mass is 364 g/mol. The normalized spacial score (nSPS) is 8.87. The van der Waals surface area contributed by atoms with E-state index in [1.165, 1.54) is 89.9 Å². The fraction of sp³-hybridized carbons (Fsp3) is 0.900. The average Bonchev–Trinajstić information content (AvgIpc) is 2.47. The van der Waals surface area contributed by atoms with Crippen molar-refractivity contribution in [1.29, 1.82) is 0 Å². The van der Waals surface area contributed by atoms with E-state index in [1.807, 2.05) is 0 Å². The molecule has 0 fully saturated rings. The summed E-state index contributed by atoms with van der Waals surface area (Å²) in [6.07, 6.45) is 21.8. The summed E-state index contributed by atoms with van der Waals surface area (Å²) in [7, 11) is 0. The molecule has 0 spiro atoms. The van der Waals surface area contributed by atoms with E-state index in [2.05, 4.69) is 27.7 Å². The molecule has 2 nitrogen and oxygen atoms in total. The molecule has 140 valence electrons. The van der Waals surface area contributed by atoms with Crippen molar-refractivity contribution in [3.8, 4) is 0 Å². The second-order valence-electron chi connectivity index (χ2n) is 5.95. The van der Waals surface area contributed by atoms with E-state index < -0.39 is 0 Å². The molecular formula is C20H44O2Ti. The molecule has 23 heavy (non-hydrogen) atoms. The molecule has 0 aromatic rings. The van der Waals surface area contributed by atoms with E-state index in [9.17, 15) is 0 Å². The zero-order valence-corrected chi connectivity index (χ0v) is 17.7. The minimum Gasteiger partial charge on any atom is -0.870 e. The van der Waals surface area contributed by atoms with Crippen LogP contribution in [0.2, 0.25) is 0 Å². The van der Waals surface area contributed by atoms with Crippen LogP contribution < -0.4 is 0 Å². The molecule has 0 bridgehead atoms. The van der Waals surface area contributed by atoms with Crippen LogP contribution in [-0.4, -0.2) is 11.0 Å². The largest absolute Gasteiger partial charge is 4.00 e. The van der Waals surface area contributed by atoms with Gasteiger partial charge < -0.3 is 24.8 Å². The maximum absolute atomic E-state index is 3.82. The summed E-state index contributed by atoms with van der Waals surface area (Å²) in [5, 5.41) is 0. The molecule has 0 aromatic carbocycles. The summed E-state index contributed by atoms with van der Waals surface area (Å²) in [5.41, 5.74) is 0. The van der Waals surface area contributed by atoms with Gasteiger partial charge in [0.2, 0.25) is 0 Å². The van der Waals surface area contributed by atoms with Crippen molar-refractivity contribution in [3.05, 3.63) is 13.8 Å². The van der Waals surface area contributed by atoms with Gasteiger partial charge in [0.15, 0.2) is 0 Å². The molecule has 0 aliphatic rings. The Bertz CT molecular complexity index is 112. The second kappa shape index (κ2) is 38.3. The first kappa shape index (κ1) is 34.9. The van der Waals surface area contributed by atoms with E-state index >= 15 is 0 Å². The van der Waals surface area contributed by atoms with E-state index in [-0.39, 0.29) is 32.7 Å². The van der Waals surface area contributed by atoms with Gasteiger partial charge in [0.25, 0.3) is 0 Å². The Morgan fingerprint density at radius 1 is 0.435 bits per heavy atom.